The lowest BCUT2D eigenvalue weighted by molar-refractivity contribution is -0.383. The molecule has 0 unspecified atom stereocenters. The molecule has 2 aromatic rings. The van der Waals surface area contributed by atoms with Crippen molar-refractivity contribution in [3.63, 3.8) is 0 Å². The zero-order valence-corrected chi connectivity index (χ0v) is 15.8. The van der Waals surface area contributed by atoms with Crippen molar-refractivity contribution < 1.29 is 9.66 Å². The molecule has 1 aromatic heterocycles. The molecule has 1 aliphatic heterocycles. The average Bonchev–Trinajstić information content (AvgIpc) is 2.65. The number of nitrogens with one attached hydrogen (secondary N) is 2. The lowest BCUT2D eigenvalue weighted by Crippen LogP contribution is -2.39. The quantitative estimate of drug-likeness (QED) is 0.527. The van der Waals surface area contributed by atoms with Crippen molar-refractivity contribution in [3.05, 3.63) is 44.7 Å². The molecule has 0 spiro atoms. The Balaban J connectivity index is 1.74. The molecule has 0 amide bonds. The van der Waals surface area contributed by atoms with Gasteiger partial charge in [0.05, 0.1) is 28.8 Å². The van der Waals surface area contributed by atoms with Crippen LogP contribution in [0, 0.1) is 10.1 Å². The smallest absolute Gasteiger partial charge is 0.353 e. The van der Waals surface area contributed by atoms with Gasteiger partial charge in [0.15, 0.2) is 0 Å². The molecule has 2 N–H and O–H groups in total. The van der Waals surface area contributed by atoms with Crippen molar-refractivity contribution in [1.29, 1.82) is 0 Å². The molecule has 11 heteroatoms. The first-order chi connectivity index (χ1) is 13.0. The SMILES string of the molecule is O=[N+]([O-])c1c(NCCN2CCOCC2)ncnc1Nc1ccc(Cl)cc1Cl. The van der Waals surface area contributed by atoms with E-state index in [0.29, 0.717) is 35.5 Å². The van der Waals surface area contributed by atoms with E-state index in [9.17, 15) is 10.1 Å². The maximum atomic E-state index is 11.6. The Morgan fingerprint density at radius 2 is 1.96 bits per heavy atom. The van der Waals surface area contributed by atoms with E-state index in [1.807, 2.05) is 0 Å². The van der Waals surface area contributed by atoms with E-state index < -0.39 is 4.92 Å². The van der Waals surface area contributed by atoms with Crippen LogP contribution in [0.4, 0.5) is 23.0 Å². The van der Waals surface area contributed by atoms with Gasteiger partial charge < -0.3 is 15.4 Å². The number of benzene rings is 1. The fourth-order valence-electron chi connectivity index (χ4n) is 2.65. The second-order valence-corrected chi connectivity index (χ2v) is 6.65. The van der Waals surface area contributed by atoms with Crippen LogP contribution in [0.25, 0.3) is 0 Å². The van der Waals surface area contributed by atoms with Crippen molar-refractivity contribution >= 4 is 46.2 Å². The van der Waals surface area contributed by atoms with Crippen LogP contribution in [0.15, 0.2) is 24.5 Å². The molecule has 2 heterocycles. The third-order valence-electron chi connectivity index (χ3n) is 4.01. The third-order valence-corrected chi connectivity index (χ3v) is 4.56. The number of hydrogen-bond acceptors (Lipinski definition) is 8. The highest BCUT2D eigenvalue weighted by Crippen LogP contribution is 2.34. The van der Waals surface area contributed by atoms with Gasteiger partial charge in [-0.05, 0) is 18.2 Å². The number of aromatic nitrogens is 2. The van der Waals surface area contributed by atoms with Gasteiger partial charge in [-0.1, -0.05) is 23.2 Å². The summed E-state index contributed by atoms with van der Waals surface area (Å²) in [5.41, 5.74) is 0.215. The van der Waals surface area contributed by atoms with Crippen LogP contribution in [0.2, 0.25) is 10.0 Å². The molecule has 0 atom stereocenters. The van der Waals surface area contributed by atoms with Crippen LogP contribution in [0.5, 0.6) is 0 Å². The molecule has 1 saturated heterocycles. The van der Waals surface area contributed by atoms with Crippen LogP contribution < -0.4 is 10.6 Å². The van der Waals surface area contributed by atoms with E-state index in [2.05, 4.69) is 25.5 Å². The standard InChI is InChI=1S/C16H18Cl2N6O3/c17-11-1-2-13(12(18)9-11)22-16-14(24(25)26)15(20-10-21-16)19-3-4-23-5-7-27-8-6-23/h1-2,9-10H,3-8H2,(H2,19,20,21,22). The van der Waals surface area contributed by atoms with Crippen molar-refractivity contribution in [1.82, 2.24) is 14.9 Å². The Bertz CT molecular complexity index is 817. The van der Waals surface area contributed by atoms with Gasteiger partial charge in [0, 0.05) is 31.2 Å². The molecule has 0 bridgehead atoms. The summed E-state index contributed by atoms with van der Waals surface area (Å²) in [7, 11) is 0. The predicted octanol–water partition coefficient (Wildman–Crippen LogP) is 3.18. The highest BCUT2D eigenvalue weighted by molar-refractivity contribution is 6.36. The Morgan fingerprint density at radius 3 is 2.67 bits per heavy atom. The summed E-state index contributed by atoms with van der Waals surface area (Å²) in [4.78, 5) is 21.3. The van der Waals surface area contributed by atoms with Crippen LogP contribution in [-0.2, 0) is 4.74 Å². The largest absolute Gasteiger partial charge is 0.379 e. The van der Waals surface area contributed by atoms with E-state index >= 15 is 0 Å². The van der Waals surface area contributed by atoms with Crippen molar-refractivity contribution in [2.45, 2.75) is 0 Å². The van der Waals surface area contributed by atoms with E-state index in [0.717, 1.165) is 19.6 Å². The molecule has 0 saturated carbocycles. The molecule has 0 aliphatic carbocycles. The first-order valence-electron chi connectivity index (χ1n) is 8.30. The monoisotopic (exact) mass is 412 g/mol. The van der Waals surface area contributed by atoms with Crippen molar-refractivity contribution in [3.8, 4) is 0 Å². The van der Waals surface area contributed by atoms with Crippen molar-refractivity contribution in [2.75, 3.05) is 50.0 Å². The lowest BCUT2D eigenvalue weighted by Gasteiger charge is -2.26. The number of anilines is 3. The molecular formula is C16H18Cl2N6O3. The number of halogens is 2. The predicted molar refractivity (Wildman–Crippen MR) is 104 cm³/mol. The summed E-state index contributed by atoms with van der Waals surface area (Å²) < 4.78 is 5.30. The van der Waals surface area contributed by atoms with Gasteiger partial charge in [0.25, 0.3) is 0 Å². The topological polar surface area (TPSA) is 105 Å². The first kappa shape index (κ1) is 19.6. The fourth-order valence-corrected chi connectivity index (χ4v) is 3.10. The van der Waals surface area contributed by atoms with Gasteiger partial charge in [0.2, 0.25) is 11.6 Å². The highest BCUT2D eigenvalue weighted by atomic mass is 35.5. The Kier molecular flexibility index (Phi) is 6.62. The lowest BCUT2D eigenvalue weighted by atomic mass is 10.3. The molecular weight excluding hydrogens is 395 g/mol. The number of hydrogen-bond donors (Lipinski definition) is 2. The summed E-state index contributed by atoms with van der Waals surface area (Å²) in [6.07, 6.45) is 1.26. The minimum atomic E-state index is -0.525. The Labute approximate surface area is 165 Å². The Hall–Kier alpha value is -2.20. The molecule has 3 rings (SSSR count). The molecule has 1 fully saturated rings. The third kappa shape index (κ3) is 5.16. The summed E-state index contributed by atoms with van der Waals surface area (Å²) in [6.45, 7) is 4.33. The van der Waals surface area contributed by atoms with E-state index in [1.165, 1.54) is 6.33 Å². The van der Waals surface area contributed by atoms with Gasteiger partial charge in [0.1, 0.15) is 6.33 Å². The van der Waals surface area contributed by atoms with E-state index in [-0.39, 0.29) is 17.3 Å². The number of nitro groups is 1. The fraction of sp³-hybridized carbons (Fsp3) is 0.375. The number of morpholine rings is 1. The number of ether oxygens (including phenoxy) is 1. The minimum absolute atomic E-state index is 0.0492. The minimum Gasteiger partial charge on any atom is -0.379 e. The maximum absolute atomic E-state index is 11.6. The summed E-state index contributed by atoms with van der Waals surface area (Å²) in [5, 5.41) is 18.3. The number of nitrogens with zero attached hydrogens (tertiary/aromatic N) is 4. The van der Waals surface area contributed by atoms with Gasteiger partial charge in [-0.25, -0.2) is 9.97 Å². The van der Waals surface area contributed by atoms with Crippen molar-refractivity contribution in [2.24, 2.45) is 0 Å². The highest BCUT2D eigenvalue weighted by Gasteiger charge is 2.23. The normalized spacial score (nSPS) is 14.7. The van der Waals surface area contributed by atoms with Crippen LogP contribution in [-0.4, -0.2) is 59.2 Å². The average molecular weight is 413 g/mol. The molecule has 0 radical (unpaired) electrons. The second-order valence-electron chi connectivity index (χ2n) is 5.81. The van der Waals surface area contributed by atoms with Gasteiger partial charge >= 0.3 is 5.69 Å². The van der Waals surface area contributed by atoms with Crippen LogP contribution in [0.3, 0.4) is 0 Å². The summed E-state index contributed by atoms with van der Waals surface area (Å²) in [6, 6.07) is 4.80. The number of rotatable bonds is 7. The molecule has 144 valence electrons. The van der Waals surface area contributed by atoms with E-state index in [1.54, 1.807) is 18.2 Å². The van der Waals surface area contributed by atoms with E-state index in [4.69, 9.17) is 27.9 Å². The molecule has 1 aliphatic rings. The zero-order valence-electron chi connectivity index (χ0n) is 14.3. The van der Waals surface area contributed by atoms with Crippen LogP contribution >= 0.6 is 23.2 Å². The zero-order chi connectivity index (χ0) is 19.2. The molecule has 9 nitrogen and oxygen atoms in total. The second kappa shape index (κ2) is 9.14. The molecule has 27 heavy (non-hydrogen) atoms. The van der Waals surface area contributed by atoms with Gasteiger partial charge in [-0.15, -0.1) is 0 Å². The Morgan fingerprint density at radius 1 is 1.22 bits per heavy atom. The first-order valence-corrected chi connectivity index (χ1v) is 9.05. The summed E-state index contributed by atoms with van der Waals surface area (Å²) >= 11 is 12.0. The van der Waals surface area contributed by atoms with Crippen LogP contribution in [0.1, 0.15) is 0 Å². The van der Waals surface area contributed by atoms with Gasteiger partial charge in [-0.3, -0.25) is 15.0 Å². The summed E-state index contributed by atoms with van der Waals surface area (Å²) in [5.74, 6) is 0.198. The maximum Gasteiger partial charge on any atom is 0.353 e. The van der Waals surface area contributed by atoms with Gasteiger partial charge in [-0.2, -0.15) is 0 Å². The molecule has 1 aromatic carbocycles.